The number of methoxy groups -OCH3 is 1. The molecule has 0 bridgehead atoms. The lowest BCUT2D eigenvalue weighted by Gasteiger charge is -2.37. The lowest BCUT2D eigenvalue weighted by molar-refractivity contribution is 0.0316. The second-order valence-corrected chi connectivity index (χ2v) is 6.46. The van der Waals surface area contributed by atoms with Crippen molar-refractivity contribution in [3.05, 3.63) is 33.8 Å². The van der Waals surface area contributed by atoms with Crippen LogP contribution in [0.2, 0.25) is 0 Å². The van der Waals surface area contributed by atoms with Crippen molar-refractivity contribution in [3.63, 3.8) is 0 Å². The molecule has 0 radical (unpaired) electrons. The fourth-order valence-electron chi connectivity index (χ4n) is 2.51. The van der Waals surface area contributed by atoms with Crippen molar-refractivity contribution >= 4 is 21.8 Å². The van der Waals surface area contributed by atoms with E-state index in [1.54, 1.807) is 7.11 Å². The zero-order valence-electron chi connectivity index (χ0n) is 11.2. The molecule has 2 rings (SSSR count). The number of ether oxygens (including phenoxy) is 1. The van der Waals surface area contributed by atoms with E-state index in [4.69, 9.17) is 4.74 Å². The predicted molar refractivity (Wildman–Crippen MR) is 74.7 cm³/mol. The Kier molecular flexibility index (Phi) is 3.52. The number of hydrogen-bond donors (Lipinski definition) is 0. The van der Waals surface area contributed by atoms with E-state index in [0.717, 1.165) is 15.6 Å². The van der Waals surface area contributed by atoms with Gasteiger partial charge in [-0.3, -0.25) is 4.79 Å². The highest BCUT2D eigenvalue weighted by molar-refractivity contribution is 9.10. The van der Waals surface area contributed by atoms with Gasteiger partial charge in [0.05, 0.1) is 12.6 Å². The van der Waals surface area contributed by atoms with Crippen LogP contribution in [0.3, 0.4) is 0 Å². The summed E-state index contributed by atoms with van der Waals surface area (Å²) < 4.78 is 6.28. The Morgan fingerprint density at radius 1 is 1.39 bits per heavy atom. The van der Waals surface area contributed by atoms with Crippen LogP contribution in [-0.4, -0.2) is 30.1 Å². The Bertz CT molecular complexity index is 479. The van der Waals surface area contributed by atoms with Crippen molar-refractivity contribution in [1.82, 2.24) is 4.90 Å². The number of carbonyl (C=O) groups is 1. The van der Waals surface area contributed by atoms with Crippen LogP contribution >= 0.6 is 15.9 Å². The molecule has 98 valence electrons. The summed E-state index contributed by atoms with van der Waals surface area (Å²) in [5.41, 5.74) is 1.62. The van der Waals surface area contributed by atoms with Crippen molar-refractivity contribution in [2.24, 2.45) is 0 Å². The van der Waals surface area contributed by atoms with Gasteiger partial charge < -0.3 is 9.64 Å². The summed E-state index contributed by atoms with van der Waals surface area (Å²) in [6, 6.07) is 5.81. The molecule has 0 aliphatic carbocycles. The van der Waals surface area contributed by atoms with E-state index in [0.29, 0.717) is 6.61 Å². The predicted octanol–water partition coefficient (Wildman–Crippen LogP) is 3.39. The van der Waals surface area contributed by atoms with Crippen LogP contribution in [0.15, 0.2) is 22.7 Å². The molecule has 0 saturated carbocycles. The van der Waals surface area contributed by atoms with Gasteiger partial charge in [-0.25, -0.2) is 0 Å². The molecule has 1 aliphatic rings. The summed E-state index contributed by atoms with van der Waals surface area (Å²) in [6.45, 7) is 6.67. The Balaban J connectivity index is 2.52. The first-order chi connectivity index (χ1) is 8.36. The Labute approximate surface area is 116 Å². The largest absolute Gasteiger partial charge is 0.382 e. The van der Waals surface area contributed by atoms with Crippen LogP contribution in [0.1, 0.15) is 42.7 Å². The van der Waals surface area contributed by atoms with E-state index >= 15 is 0 Å². The molecule has 0 fully saturated rings. The fraction of sp³-hybridized carbons (Fsp3) is 0.500. The molecule has 1 heterocycles. The monoisotopic (exact) mass is 311 g/mol. The summed E-state index contributed by atoms with van der Waals surface area (Å²) in [4.78, 5) is 14.4. The molecule has 1 aromatic rings. The molecule has 0 saturated heterocycles. The van der Waals surface area contributed by atoms with Gasteiger partial charge in [0.2, 0.25) is 0 Å². The number of amides is 1. The van der Waals surface area contributed by atoms with Crippen molar-refractivity contribution < 1.29 is 9.53 Å². The lowest BCUT2D eigenvalue weighted by Crippen LogP contribution is -2.45. The molecule has 1 amide bonds. The van der Waals surface area contributed by atoms with Gasteiger partial charge in [0.25, 0.3) is 5.91 Å². The number of fused-ring (bicyclic) bond motifs is 1. The first kappa shape index (κ1) is 13.6. The summed E-state index contributed by atoms with van der Waals surface area (Å²) >= 11 is 3.46. The lowest BCUT2D eigenvalue weighted by atomic mass is 10.0. The standard InChI is InChI=1S/C14H18BrNO2/c1-14(2,3)16-12(8-18-4)11-7-9(15)5-6-10(11)13(16)17/h5-7,12H,8H2,1-4H3. The highest BCUT2D eigenvalue weighted by Crippen LogP contribution is 2.39. The van der Waals surface area contributed by atoms with Gasteiger partial charge in [-0.15, -0.1) is 0 Å². The summed E-state index contributed by atoms with van der Waals surface area (Å²) in [5.74, 6) is 0.0899. The molecule has 0 spiro atoms. The van der Waals surface area contributed by atoms with E-state index in [1.165, 1.54) is 0 Å². The first-order valence-electron chi connectivity index (χ1n) is 5.98. The molecule has 4 heteroatoms. The third kappa shape index (κ3) is 2.19. The van der Waals surface area contributed by atoms with Gasteiger partial charge in [0.1, 0.15) is 0 Å². The number of rotatable bonds is 2. The maximum Gasteiger partial charge on any atom is 0.255 e. The minimum Gasteiger partial charge on any atom is -0.382 e. The SMILES string of the molecule is COCC1c2cc(Br)ccc2C(=O)N1C(C)(C)C. The zero-order chi connectivity index (χ0) is 13.5. The third-order valence-corrected chi connectivity index (χ3v) is 3.67. The van der Waals surface area contributed by atoms with Crippen molar-refractivity contribution in [3.8, 4) is 0 Å². The molecule has 0 N–H and O–H groups in total. The Hall–Kier alpha value is -0.870. The molecule has 1 atom stereocenters. The summed E-state index contributed by atoms with van der Waals surface area (Å²) in [5, 5.41) is 0. The zero-order valence-corrected chi connectivity index (χ0v) is 12.7. The van der Waals surface area contributed by atoms with Crippen molar-refractivity contribution in [2.45, 2.75) is 32.4 Å². The van der Waals surface area contributed by atoms with Crippen LogP contribution in [0.5, 0.6) is 0 Å². The molecule has 1 aromatic carbocycles. The molecule has 1 unspecified atom stereocenters. The van der Waals surface area contributed by atoms with Gasteiger partial charge >= 0.3 is 0 Å². The second-order valence-electron chi connectivity index (χ2n) is 5.55. The van der Waals surface area contributed by atoms with E-state index in [9.17, 15) is 4.79 Å². The van der Waals surface area contributed by atoms with E-state index < -0.39 is 0 Å². The molecule has 18 heavy (non-hydrogen) atoms. The molecule has 0 aromatic heterocycles. The van der Waals surface area contributed by atoms with Crippen LogP contribution < -0.4 is 0 Å². The van der Waals surface area contributed by atoms with Gasteiger partial charge in [-0.05, 0) is 44.5 Å². The molecular formula is C14H18BrNO2. The molecule has 3 nitrogen and oxygen atoms in total. The first-order valence-corrected chi connectivity index (χ1v) is 6.77. The second kappa shape index (κ2) is 4.67. The molecular weight excluding hydrogens is 294 g/mol. The number of halogens is 1. The summed E-state index contributed by atoms with van der Waals surface area (Å²) in [7, 11) is 1.67. The van der Waals surface area contributed by atoms with E-state index in [2.05, 4.69) is 36.7 Å². The number of benzene rings is 1. The van der Waals surface area contributed by atoms with Crippen LogP contribution in [0.25, 0.3) is 0 Å². The van der Waals surface area contributed by atoms with Crippen molar-refractivity contribution in [1.29, 1.82) is 0 Å². The van der Waals surface area contributed by atoms with Crippen molar-refractivity contribution in [2.75, 3.05) is 13.7 Å². The average Bonchev–Trinajstić information content (AvgIpc) is 2.52. The highest BCUT2D eigenvalue weighted by atomic mass is 79.9. The third-order valence-electron chi connectivity index (χ3n) is 3.18. The summed E-state index contributed by atoms with van der Waals surface area (Å²) in [6.07, 6.45) is 0. The maximum absolute atomic E-state index is 12.5. The highest BCUT2D eigenvalue weighted by Gasteiger charge is 2.42. The Morgan fingerprint density at radius 3 is 2.61 bits per heavy atom. The van der Waals surface area contributed by atoms with Crippen LogP contribution in [0.4, 0.5) is 0 Å². The minimum atomic E-state index is -0.216. The van der Waals surface area contributed by atoms with Gasteiger partial charge in [-0.1, -0.05) is 15.9 Å². The maximum atomic E-state index is 12.5. The number of nitrogens with zero attached hydrogens (tertiary/aromatic N) is 1. The van der Waals surface area contributed by atoms with Crippen LogP contribution in [-0.2, 0) is 4.74 Å². The average molecular weight is 312 g/mol. The normalized spacial score (nSPS) is 19.3. The van der Waals surface area contributed by atoms with E-state index in [1.807, 2.05) is 23.1 Å². The Morgan fingerprint density at radius 2 is 2.06 bits per heavy atom. The fourth-order valence-corrected chi connectivity index (χ4v) is 2.89. The molecule has 1 aliphatic heterocycles. The topological polar surface area (TPSA) is 29.5 Å². The van der Waals surface area contributed by atoms with E-state index in [-0.39, 0.29) is 17.5 Å². The smallest absolute Gasteiger partial charge is 0.255 e. The van der Waals surface area contributed by atoms with Gasteiger partial charge in [-0.2, -0.15) is 0 Å². The number of hydrogen-bond acceptors (Lipinski definition) is 2. The van der Waals surface area contributed by atoms with Gasteiger partial charge in [0, 0.05) is 22.7 Å². The minimum absolute atomic E-state index is 0.00463. The quantitative estimate of drug-likeness (QED) is 0.838. The van der Waals surface area contributed by atoms with Crippen LogP contribution in [0, 0.1) is 0 Å². The number of carbonyl (C=O) groups excluding carboxylic acids is 1. The van der Waals surface area contributed by atoms with Gasteiger partial charge in [0.15, 0.2) is 0 Å².